The van der Waals surface area contributed by atoms with Gasteiger partial charge in [-0.25, -0.2) is 19.9 Å². The third-order valence-corrected chi connectivity index (χ3v) is 12.4. The summed E-state index contributed by atoms with van der Waals surface area (Å²) in [6, 6.07) is 65.1. The fourth-order valence-corrected chi connectivity index (χ4v) is 9.30. The van der Waals surface area contributed by atoms with Gasteiger partial charge in [0.15, 0.2) is 11.6 Å². The number of para-hydroxylation sites is 2. The Morgan fingerprint density at radius 3 is 1.19 bits per heavy atom. The highest BCUT2D eigenvalue weighted by Gasteiger charge is 2.36. The van der Waals surface area contributed by atoms with E-state index in [0.29, 0.717) is 0 Å². The van der Waals surface area contributed by atoms with E-state index in [0.717, 1.165) is 79.9 Å². The minimum absolute atomic E-state index is 0.0731. The molecule has 4 nitrogen and oxygen atoms in total. The number of aromatic nitrogens is 4. The van der Waals surface area contributed by atoms with E-state index in [1.54, 1.807) is 0 Å². The average molecular weight is 745 g/mol. The van der Waals surface area contributed by atoms with Crippen LogP contribution in [0.2, 0.25) is 0 Å². The van der Waals surface area contributed by atoms with E-state index in [2.05, 4.69) is 182 Å². The van der Waals surface area contributed by atoms with Crippen molar-refractivity contribution in [3.63, 3.8) is 0 Å². The Morgan fingerprint density at radius 1 is 0.328 bits per heavy atom. The number of rotatable bonds is 6. The van der Waals surface area contributed by atoms with Crippen molar-refractivity contribution in [2.75, 3.05) is 0 Å². The lowest BCUT2D eigenvalue weighted by Crippen LogP contribution is -2.30. The molecule has 1 fully saturated rings. The van der Waals surface area contributed by atoms with Crippen LogP contribution in [0.25, 0.3) is 88.6 Å². The minimum Gasteiger partial charge on any atom is -0.228 e. The SMILES string of the molecule is c1ccc2cc(-c3nc(-c4ccc(C5(c6ccc(-c7nc(-c8ccc9ccccc9c8)c8ccccc8n7)cc6)CCCCC5)cc4)nc4ccccc34)ccc2c1. The molecule has 1 aliphatic rings. The predicted molar refractivity (Wildman–Crippen MR) is 240 cm³/mol. The first-order valence-electron chi connectivity index (χ1n) is 20.4. The largest absolute Gasteiger partial charge is 0.228 e. The molecule has 0 saturated heterocycles. The number of fused-ring (bicyclic) bond motifs is 4. The third kappa shape index (κ3) is 6.00. The van der Waals surface area contributed by atoms with Crippen LogP contribution in [0, 0.1) is 0 Å². The van der Waals surface area contributed by atoms with Crippen LogP contribution in [-0.4, -0.2) is 19.9 Å². The van der Waals surface area contributed by atoms with E-state index >= 15 is 0 Å². The highest BCUT2D eigenvalue weighted by molar-refractivity contribution is 5.98. The Balaban J connectivity index is 0.948. The molecule has 1 saturated carbocycles. The van der Waals surface area contributed by atoms with Crippen molar-refractivity contribution in [1.82, 2.24) is 19.9 Å². The van der Waals surface area contributed by atoms with Gasteiger partial charge in [0.25, 0.3) is 0 Å². The lowest BCUT2D eigenvalue weighted by atomic mass is 9.65. The summed E-state index contributed by atoms with van der Waals surface area (Å²) in [5.41, 5.74) is 10.7. The van der Waals surface area contributed by atoms with Crippen LogP contribution in [0.1, 0.15) is 43.2 Å². The van der Waals surface area contributed by atoms with Crippen LogP contribution in [0.4, 0.5) is 0 Å². The van der Waals surface area contributed by atoms with Gasteiger partial charge in [-0.2, -0.15) is 0 Å². The zero-order chi connectivity index (χ0) is 38.5. The molecule has 1 aliphatic carbocycles. The topological polar surface area (TPSA) is 51.6 Å². The minimum atomic E-state index is -0.0731. The molecule has 2 heterocycles. The fourth-order valence-electron chi connectivity index (χ4n) is 9.30. The van der Waals surface area contributed by atoms with Crippen LogP contribution < -0.4 is 0 Å². The molecular weight excluding hydrogens is 705 g/mol. The van der Waals surface area contributed by atoms with Gasteiger partial charge in [-0.1, -0.05) is 177 Å². The van der Waals surface area contributed by atoms with Gasteiger partial charge in [-0.3, -0.25) is 0 Å². The van der Waals surface area contributed by atoms with Crippen LogP contribution in [0.3, 0.4) is 0 Å². The van der Waals surface area contributed by atoms with Crippen LogP contribution in [0.5, 0.6) is 0 Å². The zero-order valence-electron chi connectivity index (χ0n) is 32.1. The number of hydrogen-bond acceptors (Lipinski definition) is 4. The molecular formula is C54H40N4. The summed E-state index contributed by atoms with van der Waals surface area (Å²) >= 11 is 0. The lowest BCUT2D eigenvalue weighted by molar-refractivity contribution is 0.346. The molecule has 0 aliphatic heterocycles. The smallest absolute Gasteiger partial charge is 0.160 e. The van der Waals surface area contributed by atoms with E-state index in [1.165, 1.54) is 51.9 Å². The van der Waals surface area contributed by atoms with Gasteiger partial charge >= 0.3 is 0 Å². The van der Waals surface area contributed by atoms with Crippen molar-refractivity contribution in [3.8, 4) is 45.3 Å². The van der Waals surface area contributed by atoms with Gasteiger partial charge < -0.3 is 0 Å². The highest BCUT2D eigenvalue weighted by atomic mass is 14.9. The van der Waals surface area contributed by atoms with E-state index in [-0.39, 0.29) is 5.41 Å². The third-order valence-electron chi connectivity index (χ3n) is 12.4. The van der Waals surface area contributed by atoms with E-state index in [1.807, 2.05) is 0 Å². The molecule has 0 amide bonds. The summed E-state index contributed by atoms with van der Waals surface area (Å²) in [5, 5.41) is 6.97. The Hall–Kier alpha value is -7.04. The fraction of sp³-hybridized carbons (Fsp3) is 0.111. The molecule has 2 aromatic heterocycles. The average Bonchev–Trinajstić information content (AvgIpc) is 3.31. The lowest BCUT2D eigenvalue weighted by Gasteiger charge is -2.39. The first kappa shape index (κ1) is 34.2. The molecule has 58 heavy (non-hydrogen) atoms. The molecule has 10 aromatic rings. The molecule has 0 spiro atoms. The van der Waals surface area contributed by atoms with Crippen molar-refractivity contribution in [1.29, 1.82) is 0 Å². The Morgan fingerprint density at radius 2 is 0.724 bits per heavy atom. The van der Waals surface area contributed by atoms with Gasteiger partial charge in [0, 0.05) is 38.4 Å². The number of nitrogens with zero attached hydrogens (tertiary/aromatic N) is 4. The van der Waals surface area contributed by atoms with Gasteiger partial charge in [-0.15, -0.1) is 0 Å². The molecule has 0 unspecified atom stereocenters. The van der Waals surface area contributed by atoms with Gasteiger partial charge in [0.05, 0.1) is 22.4 Å². The maximum Gasteiger partial charge on any atom is 0.160 e. The van der Waals surface area contributed by atoms with Crippen molar-refractivity contribution in [3.05, 3.63) is 193 Å². The second kappa shape index (κ2) is 14.2. The Bertz CT molecular complexity index is 2940. The van der Waals surface area contributed by atoms with Gasteiger partial charge in [0.1, 0.15) is 0 Å². The molecule has 8 aromatic carbocycles. The Kier molecular flexibility index (Phi) is 8.36. The standard InChI is InChI=1S/C54H40N4/c1-10-32-54(33-11-1,44-28-24-38(25-29-44)52-55-48-18-8-6-16-46(48)50(57-52)42-22-20-36-12-2-4-14-40(36)34-42)45-30-26-39(27-31-45)53-56-49-19-9-7-17-47(49)51(58-53)43-23-21-37-13-3-5-15-41(37)35-43/h2-9,12-31,34-35H,1,10-11,32-33H2. The first-order valence-corrected chi connectivity index (χ1v) is 20.4. The predicted octanol–water partition coefficient (Wildman–Crippen LogP) is 13.8. The molecule has 0 radical (unpaired) electrons. The maximum atomic E-state index is 5.24. The first-order chi connectivity index (χ1) is 28.7. The summed E-state index contributed by atoms with van der Waals surface area (Å²) in [4.78, 5) is 20.6. The highest BCUT2D eigenvalue weighted by Crippen LogP contribution is 2.46. The van der Waals surface area contributed by atoms with Gasteiger partial charge in [0.2, 0.25) is 0 Å². The molecule has 0 bridgehead atoms. The van der Waals surface area contributed by atoms with Crippen molar-refractivity contribution >= 4 is 43.4 Å². The molecule has 0 atom stereocenters. The van der Waals surface area contributed by atoms with Crippen LogP contribution in [-0.2, 0) is 5.41 Å². The van der Waals surface area contributed by atoms with Crippen LogP contribution in [0.15, 0.2) is 182 Å². The second-order valence-electron chi connectivity index (χ2n) is 15.7. The van der Waals surface area contributed by atoms with Crippen molar-refractivity contribution < 1.29 is 0 Å². The summed E-state index contributed by atoms with van der Waals surface area (Å²) in [5.74, 6) is 1.49. The number of benzene rings is 8. The van der Waals surface area contributed by atoms with E-state index in [4.69, 9.17) is 19.9 Å². The second-order valence-corrected chi connectivity index (χ2v) is 15.7. The van der Waals surface area contributed by atoms with Crippen LogP contribution >= 0.6 is 0 Å². The van der Waals surface area contributed by atoms with Gasteiger partial charge in [-0.05, 0) is 69.8 Å². The normalized spacial score (nSPS) is 14.0. The summed E-state index contributed by atoms with van der Waals surface area (Å²) in [6.45, 7) is 0. The van der Waals surface area contributed by atoms with E-state index < -0.39 is 0 Å². The maximum absolute atomic E-state index is 5.24. The number of hydrogen-bond donors (Lipinski definition) is 0. The molecule has 0 N–H and O–H groups in total. The molecule has 11 rings (SSSR count). The molecule has 276 valence electrons. The summed E-state index contributed by atoms with van der Waals surface area (Å²) in [6.07, 6.45) is 5.90. The summed E-state index contributed by atoms with van der Waals surface area (Å²) in [7, 11) is 0. The van der Waals surface area contributed by atoms with Crippen molar-refractivity contribution in [2.24, 2.45) is 0 Å². The Labute approximate surface area is 338 Å². The quantitative estimate of drug-likeness (QED) is 0.170. The monoisotopic (exact) mass is 744 g/mol. The van der Waals surface area contributed by atoms with Crippen molar-refractivity contribution in [2.45, 2.75) is 37.5 Å². The summed E-state index contributed by atoms with van der Waals surface area (Å²) < 4.78 is 0. The van der Waals surface area contributed by atoms with E-state index in [9.17, 15) is 0 Å². The zero-order valence-corrected chi connectivity index (χ0v) is 32.1. The molecule has 4 heteroatoms.